The van der Waals surface area contributed by atoms with Crippen LogP contribution in [0.2, 0.25) is 0 Å². The second-order valence-corrected chi connectivity index (χ2v) is 13.5. The summed E-state index contributed by atoms with van der Waals surface area (Å²) in [6.45, 7) is 7.30. The second-order valence-electron chi connectivity index (χ2n) is 11.7. The van der Waals surface area contributed by atoms with Crippen molar-refractivity contribution in [2.75, 3.05) is 17.5 Å². The van der Waals surface area contributed by atoms with Gasteiger partial charge in [-0.25, -0.2) is 8.42 Å². The van der Waals surface area contributed by atoms with E-state index < -0.39 is 34.1 Å². The van der Waals surface area contributed by atoms with Crippen molar-refractivity contribution < 1.29 is 22.7 Å². The van der Waals surface area contributed by atoms with E-state index in [4.69, 9.17) is 4.74 Å². The Morgan fingerprint density at radius 2 is 1.31 bits per heavy atom. The van der Waals surface area contributed by atoms with Crippen molar-refractivity contribution >= 4 is 27.5 Å². The number of carbonyl (C=O) groups is 2. The van der Waals surface area contributed by atoms with Crippen molar-refractivity contribution in [3.63, 3.8) is 0 Å². The van der Waals surface area contributed by atoms with Crippen LogP contribution in [0.5, 0.6) is 5.75 Å². The molecule has 1 N–H and O–H groups in total. The Hall–Kier alpha value is -4.63. The van der Waals surface area contributed by atoms with Crippen LogP contribution in [0.1, 0.15) is 38.8 Å². The summed E-state index contributed by atoms with van der Waals surface area (Å²) in [6, 6.07) is 32.6. The molecular weight excluding hydrogens is 586 g/mol. The van der Waals surface area contributed by atoms with Crippen molar-refractivity contribution in [1.29, 1.82) is 0 Å². The van der Waals surface area contributed by atoms with Crippen LogP contribution < -0.4 is 14.4 Å². The van der Waals surface area contributed by atoms with E-state index in [1.165, 1.54) is 17.0 Å². The summed E-state index contributed by atoms with van der Waals surface area (Å²) in [7, 11) is -4.22. The SMILES string of the molecule is CCOc1ccccc1N(CC(=O)N(Cc1ccccc1)C(Cc1ccccc1)C(=O)NC(C)(C)C)S(=O)(=O)c1ccccc1. The maximum absolute atomic E-state index is 14.6. The van der Waals surface area contributed by atoms with Gasteiger partial charge in [-0.15, -0.1) is 0 Å². The molecule has 236 valence electrons. The number of carbonyl (C=O) groups excluding carboxylic acids is 2. The van der Waals surface area contributed by atoms with Crippen LogP contribution >= 0.6 is 0 Å². The quantitative estimate of drug-likeness (QED) is 0.201. The molecule has 1 atom stereocenters. The number of hydrogen-bond acceptors (Lipinski definition) is 5. The molecule has 45 heavy (non-hydrogen) atoms. The van der Waals surface area contributed by atoms with Gasteiger partial charge in [0.1, 0.15) is 18.3 Å². The van der Waals surface area contributed by atoms with Gasteiger partial charge in [0.2, 0.25) is 11.8 Å². The predicted molar refractivity (Wildman–Crippen MR) is 177 cm³/mol. The van der Waals surface area contributed by atoms with Gasteiger partial charge in [-0.1, -0.05) is 91.0 Å². The van der Waals surface area contributed by atoms with Crippen LogP contribution in [-0.2, 0) is 32.6 Å². The van der Waals surface area contributed by atoms with Gasteiger partial charge in [-0.3, -0.25) is 13.9 Å². The highest BCUT2D eigenvalue weighted by Gasteiger charge is 2.36. The zero-order valence-corrected chi connectivity index (χ0v) is 27.0. The van der Waals surface area contributed by atoms with E-state index in [2.05, 4.69) is 5.32 Å². The summed E-state index contributed by atoms with van der Waals surface area (Å²) < 4.78 is 35.3. The van der Waals surface area contributed by atoms with Gasteiger partial charge in [0, 0.05) is 18.5 Å². The summed E-state index contributed by atoms with van der Waals surface area (Å²) in [5, 5.41) is 3.04. The molecule has 8 nitrogen and oxygen atoms in total. The Bertz CT molecular complexity index is 1660. The zero-order valence-electron chi connectivity index (χ0n) is 26.2. The van der Waals surface area contributed by atoms with Crippen LogP contribution in [0.3, 0.4) is 0 Å². The Morgan fingerprint density at radius 1 is 0.778 bits per heavy atom. The lowest BCUT2D eigenvalue weighted by atomic mass is 10.0. The Kier molecular flexibility index (Phi) is 11.0. The largest absolute Gasteiger partial charge is 0.492 e. The topological polar surface area (TPSA) is 96.0 Å². The normalized spacial score (nSPS) is 12.2. The molecule has 0 aliphatic heterocycles. The van der Waals surface area contributed by atoms with Crippen LogP contribution in [0.4, 0.5) is 5.69 Å². The zero-order chi connectivity index (χ0) is 32.5. The van der Waals surface area contributed by atoms with Gasteiger partial charge in [-0.2, -0.15) is 0 Å². The Morgan fingerprint density at radius 3 is 1.89 bits per heavy atom. The van der Waals surface area contributed by atoms with E-state index in [1.54, 1.807) is 42.5 Å². The molecule has 0 radical (unpaired) electrons. The molecule has 0 saturated heterocycles. The first kappa shape index (κ1) is 33.3. The summed E-state index contributed by atoms with van der Waals surface area (Å²) in [4.78, 5) is 30.1. The van der Waals surface area contributed by atoms with Gasteiger partial charge in [-0.05, 0) is 63.1 Å². The van der Waals surface area contributed by atoms with Crippen LogP contribution in [0, 0.1) is 0 Å². The molecule has 4 aromatic carbocycles. The number of anilines is 1. The van der Waals surface area contributed by atoms with Gasteiger partial charge in [0.25, 0.3) is 10.0 Å². The van der Waals surface area contributed by atoms with Crippen molar-refractivity contribution in [2.45, 2.75) is 57.1 Å². The fraction of sp³-hybridized carbons (Fsp3) is 0.278. The molecule has 0 saturated carbocycles. The minimum Gasteiger partial charge on any atom is -0.492 e. The predicted octanol–water partition coefficient (Wildman–Crippen LogP) is 5.84. The molecule has 0 aliphatic carbocycles. The Labute approximate surface area is 266 Å². The van der Waals surface area contributed by atoms with E-state index in [-0.39, 0.29) is 29.5 Å². The maximum Gasteiger partial charge on any atom is 0.264 e. The highest BCUT2D eigenvalue weighted by Crippen LogP contribution is 2.33. The Balaban J connectivity index is 1.83. The lowest BCUT2D eigenvalue weighted by molar-refractivity contribution is -0.140. The lowest BCUT2D eigenvalue weighted by Gasteiger charge is -2.35. The third kappa shape index (κ3) is 8.95. The summed E-state index contributed by atoms with van der Waals surface area (Å²) in [5.74, 6) is -0.536. The summed E-state index contributed by atoms with van der Waals surface area (Å²) >= 11 is 0. The molecule has 2 amide bonds. The molecule has 0 aromatic heterocycles. The average Bonchev–Trinajstić information content (AvgIpc) is 3.02. The van der Waals surface area contributed by atoms with E-state index in [0.717, 1.165) is 15.4 Å². The van der Waals surface area contributed by atoms with E-state index >= 15 is 0 Å². The summed E-state index contributed by atoms with van der Waals surface area (Å²) in [6.07, 6.45) is 0.238. The van der Waals surface area contributed by atoms with Crippen molar-refractivity contribution in [3.8, 4) is 5.75 Å². The third-order valence-corrected chi connectivity index (χ3v) is 8.78. The van der Waals surface area contributed by atoms with Gasteiger partial charge in [0.15, 0.2) is 0 Å². The minimum atomic E-state index is -4.22. The van der Waals surface area contributed by atoms with Crippen LogP contribution in [0.15, 0.2) is 120 Å². The molecule has 0 bridgehead atoms. The van der Waals surface area contributed by atoms with E-state index in [9.17, 15) is 18.0 Å². The fourth-order valence-electron chi connectivity index (χ4n) is 4.96. The third-order valence-electron chi connectivity index (χ3n) is 7.01. The number of nitrogens with one attached hydrogen (secondary N) is 1. The van der Waals surface area contributed by atoms with Crippen LogP contribution in [0.25, 0.3) is 0 Å². The molecule has 4 aromatic rings. The maximum atomic E-state index is 14.6. The van der Waals surface area contributed by atoms with Crippen LogP contribution in [-0.4, -0.2) is 49.9 Å². The second kappa shape index (κ2) is 14.9. The minimum absolute atomic E-state index is 0.0324. The standard InChI is InChI=1S/C36H41N3O5S/c1-5-44-33-24-16-15-23-31(33)39(45(42,43)30-21-13-8-14-22-30)27-34(40)38(26-29-19-11-7-12-20-29)32(35(41)37-36(2,3)4)25-28-17-9-6-10-18-28/h6-24,32H,5,25-27H2,1-4H3,(H,37,41). The summed E-state index contributed by atoms with van der Waals surface area (Å²) in [5.41, 5.74) is 1.34. The molecule has 0 aliphatic rings. The molecule has 4 rings (SSSR count). The monoisotopic (exact) mass is 627 g/mol. The first-order valence-electron chi connectivity index (χ1n) is 15.0. The number of hydrogen-bond donors (Lipinski definition) is 1. The van der Waals surface area contributed by atoms with Gasteiger partial charge >= 0.3 is 0 Å². The molecular formula is C36H41N3O5S. The highest BCUT2D eigenvalue weighted by atomic mass is 32.2. The number of nitrogens with zero attached hydrogens (tertiary/aromatic N) is 2. The molecule has 0 spiro atoms. The van der Waals surface area contributed by atoms with Crippen molar-refractivity contribution in [3.05, 3.63) is 126 Å². The number of benzene rings is 4. The molecule has 1 unspecified atom stereocenters. The van der Waals surface area contributed by atoms with Crippen molar-refractivity contribution in [2.24, 2.45) is 0 Å². The van der Waals surface area contributed by atoms with Gasteiger partial charge in [0.05, 0.1) is 17.2 Å². The smallest absolute Gasteiger partial charge is 0.264 e. The molecule has 9 heteroatoms. The first-order chi connectivity index (χ1) is 21.5. The lowest BCUT2D eigenvalue weighted by Crippen LogP contribution is -2.56. The number of ether oxygens (including phenoxy) is 1. The first-order valence-corrected chi connectivity index (χ1v) is 16.4. The van der Waals surface area contributed by atoms with E-state index in [1.807, 2.05) is 88.4 Å². The highest BCUT2D eigenvalue weighted by molar-refractivity contribution is 7.92. The molecule has 0 fully saturated rings. The number of rotatable bonds is 13. The molecule has 0 heterocycles. The average molecular weight is 628 g/mol. The van der Waals surface area contributed by atoms with Crippen molar-refractivity contribution in [1.82, 2.24) is 10.2 Å². The van der Waals surface area contributed by atoms with Gasteiger partial charge < -0.3 is 15.0 Å². The number of amides is 2. The number of sulfonamides is 1. The van der Waals surface area contributed by atoms with E-state index in [0.29, 0.717) is 12.4 Å². The number of para-hydroxylation sites is 2. The fourth-order valence-corrected chi connectivity index (χ4v) is 6.41.